The Bertz CT molecular complexity index is 342. The van der Waals surface area contributed by atoms with Crippen molar-refractivity contribution in [2.24, 2.45) is 0 Å². The Kier molecular flexibility index (Phi) is 4.35. The quantitative estimate of drug-likeness (QED) is 0.804. The topological polar surface area (TPSA) is 37.3 Å². The molecule has 0 saturated heterocycles. The van der Waals surface area contributed by atoms with Crippen molar-refractivity contribution in [2.75, 3.05) is 0 Å². The number of hydrogen-bond donors (Lipinski definition) is 1. The second-order valence-corrected chi connectivity index (χ2v) is 3.78. The first-order valence-electron chi connectivity index (χ1n) is 5.49. The van der Waals surface area contributed by atoms with Crippen LogP contribution in [-0.2, 0) is 24.1 Å². The molecule has 0 spiro atoms. The number of aryl methyl sites for hydroxylation is 2. The third kappa shape index (κ3) is 3.39. The summed E-state index contributed by atoms with van der Waals surface area (Å²) in [7, 11) is 0. The van der Waals surface area contributed by atoms with Gasteiger partial charge in [-0.2, -0.15) is 0 Å². The monoisotopic (exact) mass is 206 g/mol. The van der Waals surface area contributed by atoms with Gasteiger partial charge in [-0.3, -0.25) is 4.79 Å². The highest BCUT2D eigenvalue weighted by atomic mass is 16.4. The lowest BCUT2D eigenvalue weighted by Gasteiger charge is -2.08. The predicted octanol–water partition coefficient (Wildman–Crippen LogP) is 2.83. The van der Waals surface area contributed by atoms with E-state index >= 15 is 0 Å². The summed E-state index contributed by atoms with van der Waals surface area (Å²) in [5.41, 5.74) is 3.37. The van der Waals surface area contributed by atoms with Crippen LogP contribution in [0.3, 0.4) is 0 Å². The summed E-state index contributed by atoms with van der Waals surface area (Å²) < 4.78 is 0. The van der Waals surface area contributed by atoms with Crippen LogP contribution >= 0.6 is 0 Å². The summed E-state index contributed by atoms with van der Waals surface area (Å²) in [4.78, 5) is 10.7. The predicted molar refractivity (Wildman–Crippen MR) is 61.2 cm³/mol. The van der Waals surface area contributed by atoms with Crippen LogP contribution < -0.4 is 0 Å². The number of benzene rings is 1. The number of carboxylic acids is 1. The van der Waals surface area contributed by atoms with Crippen molar-refractivity contribution in [1.29, 1.82) is 0 Å². The van der Waals surface area contributed by atoms with Crippen molar-refractivity contribution in [3.63, 3.8) is 0 Å². The van der Waals surface area contributed by atoms with Crippen LogP contribution in [0.5, 0.6) is 0 Å². The summed E-state index contributed by atoms with van der Waals surface area (Å²) in [6, 6.07) is 6.19. The Morgan fingerprint density at radius 1 is 1.27 bits per heavy atom. The molecule has 0 atom stereocenters. The number of rotatable bonds is 5. The zero-order chi connectivity index (χ0) is 11.3. The van der Waals surface area contributed by atoms with Crippen molar-refractivity contribution in [3.05, 3.63) is 34.9 Å². The van der Waals surface area contributed by atoms with E-state index in [2.05, 4.69) is 26.0 Å². The van der Waals surface area contributed by atoms with Gasteiger partial charge in [0.2, 0.25) is 0 Å². The summed E-state index contributed by atoms with van der Waals surface area (Å²) in [6.07, 6.45) is 3.12. The first-order valence-corrected chi connectivity index (χ1v) is 5.49. The van der Waals surface area contributed by atoms with E-state index in [-0.39, 0.29) is 6.42 Å². The van der Waals surface area contributed by atoms with Crippen LogP contribution in [0.4, 0.5) is 0 Å². The van der Waals surface area contributed by atoms with E-state index in [1.807, 2.05) is 6.07 Å². The molecule has 0 aromatic heterocycles. The second kappa shape index (κ2) is 5.54. The van der Waals surface area contributed by atoms with Gasteiger partial charge in [0.05, 0.1) is 6.42 Å². The summed E-state index contributed by atoms with van der Waals surface area (Å²) in [5.74, 6) is -0.749. The Morgan fingerprint density at radius 3 is 2.53 bits per heavy atom. The molecule has 0 amide bonds. The molecule has 0 fully saturated rings. The standard InChI is InChI=1S/C13H18O2/c1-3-5-11-7-6-10(4-2)8-12(11)9-13(14)15/h6-8H,3-5,9H2,1-2H3,(H,14,15). The lowest BCUT2D eigenvalue weighted by atomic mass is 9.97. The summed E-state index contributed by atoms with van der Waals surface area (Å²) in [6.45, 7) is 4.19. The fraction of sp³-hybridized carbons (Fsp3) is 0.462. The van der Waals surface area contributed by atoms with E-state index in [9.17, 15) is 4.79 Å². The molecule has 0 saturated carbocycles. The van der Waals surface area contributed by atoms with Gasteiger partial charge in [-0.05, 0) is 29.5 Å². The van der Waals surface area contributed by atoms with Crippen molar-refractivity contribution < 1.29 is 9.90 Å². The lowest BCUT2D eigenvalue weighted by molar-refractivity contribution is -0.136. The van der Waals surface area contributed by atoms with E-state index in [4.69, 9.17) is 5.11 Å². The Morgan fingerprint density at radius 2 is 2.00 bits per heavy atom. The van der Waals surface area contributed by atoms with Crippen LogP contribution in [0.1, 0.15) is 37.0 Å². The highest BCUT2D eigenvalue weighted by molar-refractivity contribution is 5.70. The smallest absolute Gasteiger partial charge is 0.307 e. The highest BCUT2D eigenvalue weighted by Gasteiger charge is 2.06. The minimum Gasteiger partial charge on any atom is -0.481 e. The summed E-state index contributed by atoms with van der Waals surface area (Å²) >= 11 is 0. The molecular formula is C13H18O2. The minimum absolute atomic E-state index is 0.142. The molecule has 0 heterocycles. The van der Waals surface area contributed by atoms with E-state index in [1.54, 1.807) is 0 Å². The second-order valence-electron chi connectivity index (χ2n) is 3.78. The van der Waals surface area contributed by atoms with Crippen LogP contribution in [0.2, 0.25) is 0 Å². The third-order valence-electron chi connectivity index (χ3n) is 2.54. The third-order valence-corrected chi connectivity index (χ3v) is 2.54. The van der Waals surface area contributed by atoms with E-state index < -0.39 is 5.97 Å². The van der Waals surface area contributed by atoms with Gasteiger partial charge in [0.25, 0.3) is 0 Å². The maximum atomic E-state index is 10.7. The molecule has 0 bridgehead atoms. The molecule has 1 aromatic rings. The molecule has 0 aliphatic rings. The molecule has 82 valence electrons. The van der Waals surface area contributed by atoms with Crippen molar-refractivity contribution in [2.45, 2.75) is 39.5 Å². The fourth-order valence-electron chi connectivity index (χ4n) is 1.74. The maximum Gasteiger partial charge on any atom is 0.307 e. The normalized spacial score (nSPS) is 10.3. The van der Waals surface area contributed by atoms with Crippen LogP contribution in [0.25, 0.3) is 0 Å². The number of aliphatic carboxylic acids is 1. The molecule has 0 aliphatic carbocycles. The van der Waals surface area contributed by atoms with Crippen molar-refractivity contribution in [3.8, 4) is 0 Å². The van der Waals surface area contributed by atoms with Gasteiger partial charge in [0, 0.05) is 0 Å². The Hall–Kier alpha value is -1.31. The van der Waals surface area contributed by atoms with Gasteiger partial charge < -0.3 is 5.11 Å². The Balaban J connectivity index is 2.98. The SMILES string of the molecule is CCCc1ccc(CC)cc1CC(=O)O. The average molecular weight is 206 g/mol. The minimum atomic E-state index is -0.749. The first-order chi connectivity index (χ1) is 7.17. The van der Waals surface area contributed by atoms with E-state index in [0.717, 1.165) is 24.8 Å². The highest BCUT2D eigenvalue weighted by Crippen LogP contribution is 2.15. The molecule has 15 heavy (non-hydrogen) atoms. The largest absolute Gasteiger partial charge is 0.481 e. The fourth-order valence-corrected chi connectivity index (χ4v) is 1.74. The zero-order valence-electron chi connectivity index (χ0n) is 9.42. The van der Waals surface area contributed by atoms with Crippen LogP contribution in [0, 0.1) is 0 Å². The molecule has 2 nitrogen and oxygen atoms in total. The average Bonchev–Trinajstić information content (AvgIpc) is 2.20. The molecule has 1 aromatic carbocycles. The molecular weight excluding hydrogens is 188 g/mol. The Labute approximate surface area is 90.9 Å². The molecule has 2 heteroatoms. The van der Waals surface area contributed by atoms with E-state index in [0.29, 0.717) is 0 Å². The number of hydrogen-bond acceptors (Lipinski definition) is 1. The molecule has 1 N–H and O–H groups in total. The molecule has 1 rings (SSSR count). The van der Waals surface area contributed by atoms with Gasteiger partial charge in [-0.15, -0.1) is 0 Å². The van der Waals surface area contributed by atoms with Crippen molar-refractivity contribution >= 4 is 5.97 Å². The first kappa shape index (κ1) is 11.8. The molecule has 0 aliphatic heterocycles. The van der Waals surface area contributed by atoms with Gasteiger partial charge >= 0.3 is 5.97 Å². The summed E-state index contributed by atoms with van der Waals surface area (Å²) in [5, 5.41) is 8.82. The van der Waals surface area contributed by atoms with Gasteiger partial charge in [-0.1, -0.05) is 38.5 Å². The number of carboxylic acid groups (broad SMARTS) is 1. The lowest BCUT2D eigenvalue weighted by Crippen LogP contribution is -2.04. The van der Waals surface area contributed by atoms with Crippen molar-refractivity contribution in [1.82, 2.24) is 0 Å². The number of carbonyl (C=O) groups is 1. The zero-order valence-corrected chi connectivity index (χ0v) is 9.42. The maximum absolute atomic E-state index is 10.7. The van der Waals surface area contributed by atoms with Gasteiger partial charge in [0.15, 0.2) is 0 Å². The van der Waals surface area contributed by atoms with E-state index in [1.165, 1.54) is 11.1 Å². The van der Waals surface area contributed by atoms with Gasteiger partial charge in [-0.25, -0.2) is 0 Å². The molecule has 0 unspecified atom stereocenters. The van der Waals surface area contributed by atoms with Crippen LogP contribution in [0.15, 0.2) is 18.2 Å². The molecule has 0 radical (unpaired) electrons. The van der Waals surface area contributed by atoms with Gasteiger partial charge in [0.1, 0.15) is 0 Å². The van der Waals surface area contributed by atoms with Crippen LogP contribution in [-0.4, -0.2) is 11.1 Å².